The molecule has 90 valence electrons. The molecule has 0 aliphatic heterocycles. The van der Waals surface area contributed by atoms with Crippen LogP contribution in [0.15, 0.2) is 12.1 Å². The van der Waals surface area contributed by atoms with Crippen LogP contribution in [0.2, 0.25) is 10.0 Å². The van der Waals surface area contributed by atoms with Crippen molar-refractivity contribution in [1.29, 1.82) is 0 Å². The lowest BCUT2D eigenvalue weighted by molar-refractivity contribution is 0.619. The SMILES string of the molecule is CCN(CC(C)C)c1c(Cl)cc(N)cc1Cl. The summed E-state index contributed by atoms with van der Waals surface area (Å²) in [5.41, 5.74) is 7.16. The van der Waals surface area contributed by atoms with Crippen molar-refractivity contribution in [2.24, 2.45) is 5.92 Å². The Bertz CT molecular complexity index is 341. The number of anilines is 2. The van der Waals surface area contributed by atoms with Gasteiger partial charge in [0.15, 0.2) is 0 Å². The van der Waals surface area contributed by atoms with Crippen molar-refractivity contribution in [2.75, 3.05) is 23.7 Å². The van der Waals surface area contributed by atoms with E-state index >= 15 is 0 Å². The van der Waals surface area contributed by atoms with Gasteiger partial charge in [-0.25, -0.2) is 0 Å². The molecule has 1 aromatic carbocycles. The number of nitrogens with zero attached hydrogens (tertiary/aromatic N) is 1. The fourth-order valence-corrected chi connectivity index (χ4v) is 2.45. The Kier molecular flexibility index (Phi) is 4.75. The highest BCUT2D eigenvalue weighted by molar-refractivity contribution is 6.39. The largest absolute Gasteiger partial charge is 0.399 e. The molecule has 0 heterocycles. The van der Waals surface area contributed by atoms with Gasteiger partial charge in [-0.05, 0) is 25.0 Å². The van der Waals surface area contributed by atoms with Crippen molar-refractivity contribution < 1.29 is 0 Å². The molecule has 0 saturated carbocycles. The number of halogens is 2. The normalized spacial score (nSPS) is 10.9. The van der Waals surface area contributed by atoms with Gasteiger partial charge in [0.05, 0.1) is 15.7 Å². The third-order valence-electron chi connectivity index (χ3n) is 2.32. The van der Waals surface area contributed by atoms with E-state index in [0.29, 0.717) is 21.7 Å². The summed E-state index contributed by atoms with van der Waals surface area (Å²) in [7, 11) is 0. The summed E-state index contributed by atoms with van der Waals surface area (Å²) in [6.07, 6.45) is 0. The molecule has 0 amide bonds. The lowest BCUT2D eigenvalue weighted by Crippen LogP contribution is -2.27. The fourth-order valence-electron chi connectivity index (χ4n) is 1.71. The van der Waals surface area contributed by atoms with Gasteiger partial charge in [-0.1, -0.05) is 37.0 Å². The second kappa shape index (κ2) is 5.65. The molecule has 0 unspecified atom stereocenters. The third kappa shape index (κ3) is 3.19. The number of nitrogens with two attached hydrogens (primary N) is 1. The number of benzene rings is 1. The zero-order chi connectivity index (χ0) is 12.3. The molecule has 2 nitrogen and oxygen atoms in total. The van der Waals surface area contributed by atoms with E-state index in [4.69, 9.17) is 28.9 Å². The van der Waals surface area contributed by atoms with Crippen molar-refractivity contribution in [3.05, 3.63) is 22.2 Å². The molecular weight excluding hydrogens is 243 g/mol. The maximum atomic E-state index is 6.19. The molecule has 4 heteroatoms. The first-order valence-electron chi connectivity index (χ1n) is 5.45. The van der Waals surface area contributed by atoms with Gasteiger partial charge >= 0.3 is 0 Å². The molecule has 0 aliphatic carbocycles. The molecule has 0 atom stereocenters. The molecule has 1 aromatic rings. The lowest BCUT2D eigenvalue weighted by atomic mass is 10.2. The second-order valence-corrected chi connectivity index (χ2v) is 5.08. The molecule has 0 bridgehead atoms. The molecule has 1 rings (SSSR count). The van der Waals surface area contributed by atoms with Crippen molar-refractivity contribution in [3.8, 4) is 0 Å². The van der Waals surface area contributed by atoms with E-state index < -0.39 is 0 Å². The number of nitrogen functional groups attached to an aromatic ring is 1. The quantitative estimate of drug-likeness (QED) is 0.828. The summed E-state index contributed by atoms with van der Waals surface area (Å²) >= 11 is 12.4. The monoisotopic (exact) mass is 260 g/mol. The molecule has 0 fully saturated rings. The maximum absolute atomic E-state index is 6.19. The second-order valence-electron chi connectivity index (χ2n) is 4.27. The maximum Gasteiger partial charge on any atom is 0.0746 e. The van der Waals surface area contributed by atoms with Gasteiger partial charge in [0, 0.05) is 18.8 Å². The van der Waals surface area contributed by atoms with Gasteiger partial charge in [0.25, 0.3) is 0 Å². The minimum Gasteiger partial charge on any atom is -0.399 e. The highest BCUT2D eigenvalue weighted by Crippen LogP contribution is 2.36. The Morgan fingerprint density at radius 3 is 2.12 bits per heavy atom. The summed E-state index contributed by atoms with van der Waals surface area (Å²) in [5.74, 6) is 0.560. The van der Waals surface area contributed by atoms with Crippen LogP contribution in [0.1, 0.15) is 20.8 Å². The van der Waals surface area contributed by atoms with Crippen LogP contribution in [-0.4, -0.2) is 13.1 Å². The van der Waals surface area contributed by atoms with Gasteiger partial charge in [0.2, 0.25) is 0 Å². The topological polar surface area (TPSA) is 29.3 Å². The first-order valence-corrected chi connectivity index (χ1v) is 6.20. The minimum absolute atomic E-state index is 0.560. The highest BCUT2D eigenvalue weighted by Gasteiger charge is 2.14. The van der Waals surface area contributed by atoms with Crippen molar-refractivity contribution in [1.82, 2.24) is 0 Å². The molecule has 16 heavy (non-hydrogen) atoms. The average Bonchev–Trinajstić information content (AvgIpc) is 2.13. The predicted octanol–water partition coefficient (Wildman–Crippen LogP) is 4.06. The summed E-state index contributed by atoms with van der Waals surface area (Å²) in [6, 6.07) is 3.48. The van der Waals surface area contributed by atoms with Crippen LogP contribution in [0.3, 0.4) is 0 Å². The van der Waals surface area contributed by atoms with Crippen LogP contribution in [0.25, 0.3) is 0 Å². The van der Waals surface area contributed by atoms with Gasteiger partial charge in [-0.3, -0.25) is 0 Å². The van der Waals surface area contributed by atoms with Crippen LogP contribution < -0.4 is 10.6 Å². The summed E-state index contributed by atoms with van der Waals surface area (Å²) in [5, 5.41) is 1.24. The molecule has 0 spiro atoms. The van der Waals surface area contributed by atoms with Gasteiger partial charge in [-0.2, -0.15) is 0 Å². The zero-order valence-corrected chi connectivity index (χ0v) is 11.4. The molecule has 0 aliphatic rings. The number of rotatable bonds is 4. The number of hydrogen-bond acceptors (Lipinski definition) is 2. The summed E-state index contributed by atoms with van der Waals surface area (Å²) in [6.45, 7) is 8.23. The van der Waals surface area contributed by atoms with Gasteiger partial charge < -0.3 is 10.6 Å². The van der Waals surface area contributed by atoms with E-state index in [0.717, 1.165) is 18.8 Å². The Morgan fingerprint density at radius 1 is 1.25 bits per heavy atom. The Balaban J connectivity index is 3.09. The third-order valence-corrected chi connectivity index (χ3v) is 2.90. The minimum atomic E-state index is 0.560. The van der Waals surface area contributed by atoms with E-state index in [9.17, 15) is 0 Å². The van der Waals surface area contributed by atoms with Gasteiger partial charge in [-0.15, -0.1) is 0 Å². The van der Waals surface area contributed by atoms with Crippen molar-refractivity contribution >= 4 is 34.6 Å². The smallest absolute Gasteiger partial charge is 0.0746 e. The van der Waals surface area contributed by atoms with E-state index in [-0.39, 0.29) is 0 Å². The zero-order valence-electron chi connectivity index (χ0n) is 9.93. The summed E-state index contributed by atoms with van der Waals surface area (Å²) < 4.78 is 0. The van der Waals surface area contributed by atoms with E-state index in [2.05, 4.69) is 25.7 Å². The Labute approximate surface area is 107 Å². The van der Waals surface area contributed by atoms with E-state index in [1.807, 2.05) is 0 Å². The average molecular weight is 261 g/mol. The highest BCUT2D eigenvalue weighted by atomic mass is 35.5. The standard InChI is InChI=1S/C12H18Cl2N2/c1-4-16(7-8(2)3)12-10(13)5-9(15)6-11(12)14/h5-6,8H,4,7,15H2,1-3H3. The molecule has 0 radical (unpaired) electrons. The Morgan fingerprint density at radius 2 is 1.75 bits per heavy atom. The van der Waals surface area contributed by atoms with Crippen LogP contribution in [-0.2, 0) is 0 Å². The summed E-state index contributed by atoms with van der Waals surface area (Å²) in [4.78, 5) is 2.18. The molecular formula is C12H18Cl2N2. The van der Waals surface area contributed by atoms with E-state index in [1.165, 1.54) is 0 Å². The van der Waals surface area contributed by atoms with Gasteiger partial charge in [0.1, 0.15) is 0 Å². The van der Waals surface area contributed by atoms with Crippen LogP contribution >= 0.6 is 23.2 Å². The lowest BCUT2D eigenvalue weighted by Gasteiger charge is -2.27. The number of hydrogen-bond donors (Lipinski definition) is 1. The first kappa shape index (κ1) is 13.5. The van der Waals surface area contributed by atoms with E-state index in [1.54, 1.807) is 12.1 Å². The Hall–Kier alpha value is -0.600. The molecule has 0 aromatic heterocycles. The van der Waals surface area contributed by atoms with Crippen LogP contribution in [0.4, 0.5) is 11.4 Å². The van der Waals surface area contributed by atoms with Crippen LogP contribution in [0, 0.1) is 5.92 Å². The predicted molar refractivity (Wildman–Crippen MR) is 73.6 cm³/mol. The molecule has 2 N–H and O–H groups in total. The molecule has 0 saturated heterocycles. The van der Waals surface area contributed by atoms with Crippen molar-refractivity contribution in [2.45, 2.75) is 20.8 Å². The fraction of sp³-hybridized carbons (Fsp3) is 0.500. The van der Waals surface area contributed by atoms with Crippen molar-refractivity contribution in [3.63, 3.8) is 0 Å². The first-order chi connectivity index (χ1) is 7.45. The van der Waals surface area contributed by atoms with Crippen LogP contribution in [0.5, 0.6) is 0 Å².